The molecule has 0 amide bonds. The zero-order valence-electron chi connectivity index (χ0n) is 9.17. The number of hydrogen-bond donors (Lipinski definition) is 2. The number of nitrogens with one attached hydrogen (secondary N) is 1. The molecule has 0 bridgehead atoms. The summed E-state index contributed by atoms with van der Waals surface area (Å²) < 4.78 is 0. The molecule has 5 heteroatoms. The minimum Gasteiger partial charge on any atom is -0.321 e. The van der Waals surface area contributed by atoms with Crippen LogP contribution >= 0.6 is 0 Å². The van der Waals surface area contributed by atoms with E-state index in [2.05, 4.69) is 39.7 Å². The number of nitrogens with zero attached hydrogens (tertiary/aromatic N) is 3. The van der Waals surface area contributed by atoms with E-state index < -0.39 is 0 Å². The summed E-state index contributed by atoms with van der Waals surface area (Å²) >= 11 is 0. The predicted molar refractivity (Wildman–Crippen MR) is 60.6 cm³/mol. The van der Waals surface area contributed by atoms with E-state index in [0.29, 0.717) is 11.7 Å². The summed E-state index contributed by atoms with van der Waals surface area (Å²) in [6.07, 6.45) is 0.809. The Bertz CT molecular complexity index is 411. The van der Waals surface area contributed by atoms with Crippen LogP contribution < -0.4 is 5.73 Å². The van der Waals surface area contributed by atoms with Gasteiger partial charge in [-0.05, 0) is 17.9 Å². The van der Waals surface area contributed by atoms with Gasteiger partial charge >= 0.3 is 0 Å². The van der Waals surface area contributed by atoms with Crippen molar-refractivity contribution in [3.8, 4) is 0 Å². The first kappa shape index (κ1) is 10.8. The van der Waals surface area contributed by atoms with Gasteiger partial charge in [-0.1, -0.05) is 42.5 Å². The number of tetrazole rings is 1. The molecule has 2 unspecified atom stereocenters. The van der Waals surface area contributed by atoms with Gasteiger partial charge in [0.15, 0.2) is 5.82 Å². The third kappa shape index (κ3) is 2.43. The summed E-state index contributed by atoms with van der Waals surface area (Å²) in [7, 11) is 0. The van der Waals surface area contributed by atoms with Crippen molar-refractivity contribution in [3.05, 3.63) is 41.7 Å². The first-order chi connectivity index (χ1) is 7.77. The predicted octanol–water partition coefficient (Wildman–Crippen LogP) is 1.39. The molecule has 3 N–H and O–H groups in total. The van der Waals surface area contributed by atoms with Gasteiger partial charge in [0, 0.05) is 0 Å². The Labute approximate surface area is 94.1 Å². The largest absolute Gasteiger partial charge is 0.321 e. The molecule has 0 saturated heterocycles. The van der Waals surface area contributed by atoms with Crippen molar-refractivity contribution in [2.24, 2.45) is 5.73 Å². The van der Waals surface area contributed by atoms with Crippen molar-refractivity contribution in [1.82, 2.24) is 20.6 Å². The van der Waals surface area contributed by atoms with Crippen molar-refractivity contribution >= 4 is 0 Å². The monoisotopic (exact) mass is 217 g/mol. The zero-order valence-corrected chi connectivity index (χ0v) is 9.17. The van der Waals surface area contributed by atoms with E-state index in [0.717, 1.165) is 6.42 Å². The van der Waals surface area contributed by atoms with Crippen LogP contribution in [0.4, 0.5) is 0 Å². The minimum absolute atomic E-state index is 0.172. The molecular weight excluding hydrogens is 202 g/mol. The van der Waals surface area contributed by atoms with Gasteiger partial charge in [0.25, 0.3) is 0 Å². The number of H-pyrrole nitrogens is 1. The van der Waals surface area contributed by atoms with Crippen LogP contribution in [0.3, 0.4) is 0 Å². The van der Waals surface area contributed by atoms with Crippen LogP contribution in [0.5, 0.6) is 0 Å². The lowest BCUT2D eigenvalue weighted by Gasteiger charge is -2.14. The van der Waals surface area contributed by atoms with E-state index in [-0.39, 0.29) is 6.04 Å². The highest BCUT2D eigenvalue weighted by Crippen LogP contribution is 2.24. The van der Waals surface area contributed by atoms with Gasteiger partial charge in [0.1, 0.15) is 0 Å². The summed E-state index contributed by atoms with van der Waals surface area (Å²) in [5.74, 6) is 0.956. The molecule has 84 valence electrons. The lowest BCUT2D eigenvalue weighted by atomic mass is 9.94. The molecule has 0 radical (unpaired) electrons. The zero-order chi connectivity index (χ0) is 11.4. The second-order valence-corrected chi connectivity index (χ2v) is 3.92. The molecule has 1 heterocycles. The van der Waals surface area contributed by atoms with Crippen LogP contribution in [0.1, 0.15) is 36.7 Å². The number of benzene rings is 1. The van der Waals surface area contributed by atoms with Gasteiger partial charge in [0.05, 0.1) is 6.04 Å². The van der Waals surface area contributed by atoms with E-state index in [1.54, 1.807) is 0 Å². The second-order valence-electron chi connectivity index (χ2n) is 3.92. The van der Waals surface area contributed by atoms with Crippen LogP contribution in [-0.2, 0) is 0 Å². The Balaban J connectivity index is 2.00. The fourth-order valence-corrected chi connectivity index (χ4v) is 1.73. The highest BCUT2D eigenvalue weighted by atomic mass is 15.5. The fraction of sp³-hybridized carbons (Fsp3) is 0.364. The van der Waals surface area contributed by atoms with E-state index in [4.69, 9.17) is 5.73 Å². The quantitative estimate of drug-likeness (QED) is 0.811. The molecule has 2 rings (SSSR count). The molecule has 1 aromatic carbocycles. The molecular formula is C11H15N5. The van der Waals surface area contributed by atoms with Crippen molar-refractivity contribution in [2.75, 3.05) is 0 Å². The standard InChI is InChI=1S/C11H15N5/c1-8(9-5-3-2-4-6-9)7-10(12)11-13-15-16-14-11/h2-6,8,10H,7,12H2,1H3,(H,13,14,15,16). The summed E-state index contributed by atoms with van der Waals surface area (Å²) in [4.78, 5) is 0. The molecule has 2 aromatic rings. The number of hydrogen-bond acceptors (Lipinski definition) is 4. The highest BCUT2D eigenvalue weighted by molar-refractivity contribution is 5.19. The Kier molecular flexibility index (Phi) is 3.26. The van der Waals surface area contributed by atoms with E-state index >= 15 is 0 Å². The van der Waals surface area contributed by atoms with Crippen LogP contribution in [0.25, 0.3) is 0 Å². The number of aromatic amines is 1. The van der Waals surface area contributed by atoms with Gasteiger partial charge in [-0.3, -0.25) is 0 Å². The van der Waals surface area contributed by atoms with Crippen LogP contribution in [-0.4, -0.2) is 20.6 Å². The first-order valence-corrected chi connectivity index (χ1v) is 5.31. The van der Waals surface area contributed by atoms with Crippen molar-refractivity contribution < 1.29 is 0 Å². The summed E-state index contributed by atoms with van der Waals surface area (Å²) in [6.45, 7) is 2.15. The molecule has 0 spiro atoms. The average molecular weight is 217 g/mol. The molecule has 1 aromatic heterocycles. The normalized spacial score (nSPS) is 14.6. The van der Waals surface area contributed by atoms with Gasteiger partial charge < -0.3 is 5.73 Å². The first-order valence-electron chi connectivity index (χ1n) is 5.31. The Morgan fingerprint density at radius 1 is 1.31 bits per heavy atom. The lowest BCUT2D eigenvalue weighted by Crippen LogP contribution is -2.15. The SMILES string of the molecule is CC(CC(N)c1nn[nH]n1)c1ccccc1. The topological polar surface area (TPSA) is 80.5 Å². The van der Waals surface area contributed by atoms with Crippen molar-refractivity contribution in [2.45, 2.75) is 25.3 Å². The summed E-state index contributed by atoms with van der Waals surface area (Å²) in [5, 5.41) is 13.7. The molecule has 0 aliphatic heterocycles. The fourth-order valence-electron chi connectivity index (χ4n) is 1.73. The number of rotatable bonds is 4. The maximum atomic E-state index is 5.99. The van der Waals surface area contributed by atoms with E-state index in [9.17, 15) is 0 Å². The number of aromatic nitrogens is 4. The van der Waals surface area contributed by atoms with Crippen molar-refractivity contribution in [1.29, 1.82) is 0 Å². The van der Waals surface area contributed by atoms with Gasteiger partial charge in [-0.2, -0.15) is 5.21 Å². The summed E-state index contributed by atoms with van der Waals surface area (Å²) in [5.41, 5.74) is 7.27. The van der Waals surface area contributed by atoms with E-state index in [1.807, 2.05) is 18.2 Å². The molecule has 0 aliphatic carbocycles. The molecule has 2 atom stereocenters. The maximum absolute atomic E-state index is 5.99. The van der Waals surface area contributed by atoms with Gasteiger partial charge in [-0.25, -0.2) is 0 Å². The second kappa shape index (κ2) is 4.85. The third-order valence-corrected chi connectivity index (χ3v) is 2.67. The Hall–Kier alpha value is -1.75. The molecule has 0 saturated carbocycles. The smallest absolute Gasteiger partial charge is 0.191 e. The van der Waals surface area contributed by atoms with Gasteiger partial charge in [-0.15, -0.1) is 10.2 Å². The molecule has 0 fully saturated rings. The Morgan fingerprint density at radius 2 is 2.06 bits per heavy atom. The van der Waals surface area contributed by atoms with Crippen LogP contribution in [0.15, 0.2) is 30.3 Å². The molecule has 5 nitrogen and oxygen atoms in total. The molecule has 0 aliphatic rings. The lowest BCUT2D eigenvalue weighted by molar-refractivity contribution is 0.550. The van der Waals surface area contributed by atoms with Crippen LogP contribution in [0, 0.1) is 0 Å². The third-order valence-electron chi connectivity index (χ3n) is 2.67. The van der Waals surface area contributed by atoms with Crippen molar-refractivity contribution in [3.63, 3.8) is 0 Å². The van der Waals surface area contributed by atoms with Gasteiger partial charge in [0.2, 0.25) is 0 Å². The minimum atomic E-state index is -0.172. The Morgan fingerprint density at radius 3 is 2.69 bits per heavy atom. The number of nitrogens with two attached hydrogens (primary N) is 1. The van der Waals surface area contributed by atoms with E-state index in [1.165, 1.54) is 5.56 Å². The molecule has 16 heavy (non-hydrogen) atoms. The average Bonchev–Trinajstić information content (AvgIpc) is 2.83. The summed E-state index contributed by atoms with van der Waals surface area (Å²) in [6, 6.07) is 10.1. The maximum Gasteiger partial charge on any atom is 0.191 e. The highest BCUT2D eigenvalue weighted by Gasteiger charge is 2.15. The van der Waals surface area contributed by atoms with Crippen LogP contribution in [0.2, 0.25) is 0 Å².